The molecule has 0 bridgehead atoms. The van der Waals surface area contributed by atoms with Crippen molar-refractivity contribution in [3.63, 3.8) is 0 Å². The Kier molecular flexibility index (Phi) is 4.27. The smallest absolute Gasteiger partial charge is 0.147 e. The van der Waals surface area contributed by atoms with E-state index in [-0.39, 0.29) is 5.75 Å². The second-order valence-corrected chi connectivity index (χ2v) is 7.05. The van der Waals surface area contributed by atoms with Gasteiger partial charge in [-0.3, -0.25) is 0 Å². The highest BCUT2D eigenvalue weighted by molar-refractivity contribution is 7.90. The second-order valence-electron chi connectivity index (χ2n) is 4.79. The SMILES string of the molecule is Cc1oc2ccccc2c1CNCCCS(C)(=O)=O. The molecule has 1 aromatic heterocycles. The van der Waals surface area contributed by atoms with Gasteiger partial charge >= 0.3 is 0 Å². The van der Waals surface area contributed by atoms with Crippen molar-refractivity contribution in [3.8, 4) is 0 Å². The number of rotatable bonds is 6. The fourth-order valence-corrected chi connectivity index (χ4v) is 2.78. The minimum absolute atomic E-state index is 0.227. The van der Waals surface area contributed by atoms with E-state index in [0.717, 1.165) is 22.3 Å². The van der Waals surface area contributed by atoms with Gasteiger partial charge in [-0.05, 0) is 26.0 Å². The Labute approximate surface area is 113 Å². The zero-order valence-electron chi connectivity index (χ0n) is 11.3. The molecule has 19 heavy (non-hydrogen) atoms. The predicted molar refractivity (Wildman–Crippen MR) is 77.0 cm³/mol. The van der Waals surface area contributed by atoms with Gasteiger partial charge in [-0.25, -0.2) is 8.42 Å². The number of benzene rings is 1. The highest BCUT2D eigenvalue weighted by atomic mass is 32.2. The molecule has 0 saturated heterocycles. The molecular weight excluding hydrogens is 262 g/mol. The number of sulfone groups is 1. The Morgan fingerprint density at radius 2 is 2.00 bits per heavy atom. The summed E-state index contributed by atoms with van der Waals surface area (Å²) in [6.45, 7) is 3.34. The number of fused-ring (bicyclic) bond motifs is 1. The zero-order valence-corrected chi connectivity index (χ0v) is 12.1. The topological polar surface area (TPSA) is 59.3 Å². The van der Waals surface area contributed by atoms with Gasteiger partial charge < -0.3 is 9.73 Å². The molecule has 0 aliphatic rings. The van der Waals surface area contributed by atoms with Crippen molar-refractivity contribution in [1.82, 2.24) is 5.32 Å². The largest absolute Gasteiger partial charge is 0.461 e. The van der Waals surface area contributed by atoms with Crippen LogP contribution in [0.5, 0.6) is 0 Å². The van der Waals surface area contributed by atoms with Crippen molar-refractivity contribution in [2.75, 3.05) is 18.6 Å². The average molecular weight is 281 g/mol. The van der Waals surface area contributed by atoms with Crippen molar-refractivity contribution in [2.24, 2.45) is 0 Å². The van der Waals surface area contributed by atoms with E-state index in [9.17, 15) is 8.42 Å². The van der Waals surface area contributed by atoms with E-state index in [0.29, 0.717) is 19.5 Å². The van der Waals surface area contributed by atoms with Crippen molar-refractivity contribution < 1.29 is 12.8 Å². The van der Waals surface area contributed by atoms with Crippen molar-refractivity contribution in [2.45, 2.75) is 19.9 Å². The molecule has 0 aliphatic heterocycles. The molecular formula is C14H19NO3S. The first-order valence-corrected chi connectivity index (χ1v) is 8.39. The van der Waals surface area contributed by atoms with Gasteiger partial charge in [-0.1, -0.05) is 18.2 Å². The summed E-state index contributed by atoms with van der Waals surface area (Å²) in [5.74, 6) is 1.14. The van der Waals surface area contributed by atoms with Crippen LogP contribution in [0.3, 0.4) is 0 Å². The van der Waals surface area contributed by atoms with E-state index >= 15 is 0 Å². The summed E-state index contributed by atoms with van der Waals surface area (Å²) in [6, 6.07) is 7.94. The summed E-state index contributed by atoms with van der Waals surface area (Å²) in [6.07, 6.45) is 1.90. The van der Waals surface area contributed by atoms with Gasteiger partial charge in [0.05, 0.1) is 5.75 Å². The Morgan fingerprint density at radius 1 is 1.26 bits per heavy atom. The first kappa shape index (κ1) is 14.1. The number of aryl methyl sites for hydroxylation is 1. The van der Waals surface area contributed by atoms with Crippen LogP contribution < -0.4 is 5.32 Å². The fourth-order valence-electron chi connectivity index (χ4n) is 2.11. The van der Waals surface area contributed by atoms with E-state index in [1.807, 2.05) is 31.2 Å². The van der Waals surface area contributed by atoms with Crippen LogP contribution in [0.15, 0.2) is 28.7 Å². The zero-order chi connectivity index (χ0) is 13.9. The lowest BCUT2D eigenvalue weighted by Crippen LogP contribution is -2.18. The van der Waals surface area contributed by atoms with Gasteiger partial charge in [-0.15, -0.1) is 0 Å². The molecule has 2 aromatic rings. The Bertz CT molecular complexity index is 658. The second kappa shape index (κ2) is 5.75. The quantitative estimate of drug-likeness (QED) is 0.825. The summed E-state index contributed by atoms with van der Waals surface area (Å²) in [5, 5.41) is 4.39. The van der Waals surface area contributed by atoms with Gasteiger partial charge in [0.1, 0.15) is 21.2 Å². The van der Waals surface area contributed by atoms with Crippen LogP contribution in [0.1, 0.15) is 17.7 Å². The minimum atomic E-state index is -2.86. The molecule has 0 fully saturated rings. The van der Waals surface area contributed by atoms with Gasteiger partial charge in [-0.2, -0.15) is 0 Å². The summed E-state index contributed by atoms with van der Waals surface area (Å²) in [5.41, 5.74) is 2.04. The summed E-state index contributed by atoms with van der Waals surface area (Å²) in [7, 11) is -2.86. The Morgan fingerprint density at radius 3 is 2.74 bits per heavy atom. The normalized spacial score (nSPS) is 12.1. The number of nitrogens with one attached hydrogen (secondary N) is 1. The lowest BCUT2D eigenvalue weighted by Gasteiger charge is -2.04. The molecule has 5 heteroatoms. The first-order valence-electron chi connectivity index (χ1n) is 6.33. The molecule has 1 N–H and O–H groups in total. The van der Waals surface area contributed by atoms with E-state index in [1.54, 1.807) is 0 Å². The number of para-hydroxylation sites is 1. The minimum Gasteiger partial charge on any atom is -0.461 e. The Hall–Kier alpha value is -1.33. The average Bonchev–Trinajstić information content (AvgIpc) is 2.64. The van der Waals surface area contributed by atoms with Gasteiger partial charge in [0.25, 0.3) is 0 Å². The van der Waals surface area contributed by atoms with E-state index in [4.69, 9.17) is 4.42 Å². The fraction of sp³-hybridized carbons (Fsp3) is 0.429. The molecule has 0 spiro atoms. The van der Waals surface area contributed by atoms with E-state index < -0.39 is 9.84 Å². The van der Waals surface area contributed by atoms with Crippen molar-refractivity contribution in [3.05, 3.63) is 35.6 Å². The van der Waals surface area contributed by atoms with Gasteiger partial charge in [0, 0.05) is 23.8 Å². The highest BCUT2D eigenvalue weighted by Crippen LogP contribution is 2.24. The van der Waals surface area contributed by atoms with Crippen LogP contribution in [0, 0.1) is 6.92 Å². The van der Waals surface area contributed by atoms with Gasteiger partial charge in [0.15, 0.2) is 0 Å². The lowest BCUT2D eigenvalue weighted by molar-refractivity contribution is 0.563. The molecule has 2 rings (SSSR count). The van der Waals surface area contributed by atoms with Crippen LogP contribution in [-0.4, -0.2) is 27.0 Å². The van der Waals surface area contributed by atoms with E-state index in [2.05, 4.69) is 5.32 Å². The van der Waals surface area contributed by atoms with Gasteiger partial charge in [0.2, 0.25) is 0 Å². The molecule has 104 valence electrons. The molecule has 0 atom stereocenters. The number of furan rings is 1. The molecule has 0 saturated carbocycles. The highest BCUT2D eigenvalue weighted by Gasteiger charge is 2.09. The summed E-state index contributed by atoms with van der Waals surface area (Å²) >= 11 is 0. The standard InChI is InChI=1S/C14H19NO3S/c1-11-13(10-15-8-5-9-19(2,16)17)12-6-3-4-7-14(12)18-11/h3-4,6-7,15H,5,8-10H2,1-2H3. The van der Waals surface area contributed by atoms with Crippen molar-refractivity contribution >= 4 is 20.8 Å². The van der Waals surface area contributed by atoms with Crippen LogP contribution in [0.2, 0.25) is 0 Å². The third-order valence-corrected chi connectivity index (χ3v) is 4.10. The summed E-state index contributed by atoms with van der Waals surface area (Å²) in [4.78, 5) is 0. The van der Waals surface area contributed by atoms with Crippen LogP contribution in [0.4, 0.5) is 0 Å². The molecule has 0 radical (unpaired) electrons. The molecule has 1 heterocycles. The maximum Gasteiger partial charge on any atom is 0.147 e. The molecule has 1 aromatic carbocycles. The van der Waals surface area contributed by atoms with E-state index in [1.165, 1.54) is 6.26 Å². The third-order valence-electron chi connectivity index (χ3n) is 3.07. The first-order chi connectivity index (χ1) is 8.97. The number of hydrogen-bond acceptors (Lipinski definition) is 4. The molecule has 0 unspecified atom stereocenters. The van der Waals surface area contributed by atoms with Crippen LogP contribution in [-0.2, 0) is 16.4 Å². The molecule has 0 aliphatic carbocycles. The molecule has 4 nitrogen and oxygen atoms in total. The lowest BCUT2D eigenvalue weighted by atomic mass is 10.1. The van der Waals surface area contributed by atoms with Crippen molar-refractivity contribution in [1.29, 1.82) is 0 Å². The van der Waals surface area contributed by atoms with Crippen LogP contribution in [0.25, 0.3) is 11.0 Å². The maximum atomic E-state index is 11.0. The third kappa shape index (κ3) is 3.81. The molecule has 0 amide bonds. The Balaban J connectivity index is 1.93. The summed E-state index contributed by atoms with van der Waals surface area (Å²) < 4.78 is 27.7. The van der Waals surface area contributed by atoms with Crippen LogP contribution >= 0.6 is 0 Å². The number of hydrogen-bond donors (Lipinski definition) is 1. The maximum absolute atomic E-state index is 11.0. The monoisotopic (exact) mass is 281 g/mol. The predicted octanol–water partition coefficient (Wildman–Crippen LogP) is 2.27.